The van der Waals surface area contributed by atoms with Gasteiger partial charge in [0.15, 0.2) is 17.3 Å². The van der Waals surface area contributed by atoms with Crippen LogP contribution < -0.4 is 15.2 Å². The monoisotopic (exact) mass is 283 g/mol. The van der Waals surface area contributed by atoms with Gasteiger partial charge < -0.3 is 19.6 Å². The topological polar surface area (TPSA) is 61.8 Å². The zero-order valence-electron chi connectivity index (χ0n) is 11.8. The maximum absolute atomic E-state index is 5.83. The van der Waals surface area contributed by atoms with Crippen LogP contribution >= 0.6 is 0 Å². The predicted molar refractivity (Wildman–Crippen MR) is 80.4 cm³/mol. The molecule has 1 aromatic carbocycles. The first-order valence-electron chi connectivity index (χ1n) is 6.74. The van der Waals surface area contributed by atoms with Crippen molar-refractivity contribution in [3.8, 4) is 11.5 Å². The molecule has 108 valence electrons. The first kappa shape index (κ1) is 13.5. The molecule has 0 atom stereocenters. The van der Waals surface area contributed by atoms with Crippen LogP contribution in [0.25, 0.3) is 5.52 Å². The van der Waals surface area contributed by atoms with Gasteiger partial charge in [0.2, 0.25) is 0 Å². The van der Waals surface area contributed by atoms with Crippen LogP contribution in [0.1, 0.15) is 11.5 Å². The van der Waals surface area contributed by atoms with E-state index < -0.39 is 0 Å². The van der Waals surface area contributed by atoms with Gasteiger partial charge in [-0.2, -0.15) is 0 Å². The summed E-state index contributed by atoms with van der Waals surface area (Å²) in [5, 5.41) is 0. The van der Waals surface area contributed by atoms with Crippen LogP contribution in [0.15, 0.2) is 48.7 Å². The van der Waals surface area contributed by atoms with Gasteiger partial charge in [-0.15, -0.1) is 0 Å². The highest BCUT2D eigenvalue weighted by Gasteiger charge is 2.11. The third-order valence-corrected chi connectivity index (χ3v) is 3.32. The summed E-state index contributed by atoms with van der Waals surface area (Å²) in [6, 6.07) is 13.5. The molecule has 2 heterocycles. The molecule has 0 bridgehead atoms. The van der Waals surface area contributed by atoms with Crippen molar-refractivity contribution in [3.63, 3.8) is 0 Å². The minimum Gasteiger partial charge on any atom is -0.493 e. The standard InChI is InChI=1S/C16H17N3O2/c1-20-14-7-2-3-8-15(14)21-11-16-18-12(10-17)13-6-4-5-9-19(13)16/h2-9H,10-11,17H2,1H3. The Balaban J connectivity index is 1.88. The number of nitrogens with two attached hydrogens (primary N) is 1. The first-order valence-corrected chi connectivity index (χ1v) is 6.74. The Kier molecular flexibility index (Phi) is 3.75. The van der Waals surface area contributed by atoms with Crippen LogP contribution in [0.4, 0.5) is 0 Å². The molecule has 21 heavy (non-hydrogen) atoms. The molecule has 0 radical (unpaired) electrons. The van der Waals surface area contributed by atoms with Crippen molar-refractivity contribution < 1.29 is 9.47 Å². The molecular formula is C16H17N3O2. The minimum absolute atomic E-state index is 0.353. The van der Waals surface area contributed by atoms with Crippen molar-refractivity contribution in [2.45, 2.75) is 13.2 Å². The molecule has 0 fully saturated rings. The molecule has 0 saturated carbocycles. The summed E-state index contributed by atoms with van der Waals surface area (Å²) >= 11 is 0. The van der Waals surface area contributed by atoms with Crippen molar-refractivity contribution in [3.05, 3.63) is 60.2 Å². The smallest absolute Gasteiger partial charge is 0.161 e. The van der Waals surface area contributed by atoms with E-state index in [1.807, 2.05) is 53.1 Å². The molecule has 3 rings (SSSR count). The van der Waals surface area contributed by atoms with E-state index in [0.29, 0.717) is 24.7 Å². The van der Waals surface area contributed by atoms with E-state index in [1.54, 1.807) is 7.11 Å². The largest absolute Gasteiger partial charge is 0.493 e. The number of aromatic nitrogens is 2. The summed E-state index contributed by atoms with van der Waals surface area (Å²) in [7, 11) is 1.62. The maximum Gasteiger partial charge on any atom is 0.161 e. The molecule has 0 unspecified atom stereocenters. The van der Waals surface area contributed by atoms with Gasteiger partial charge in [-0.1, -0.05) is 18.2 Å². The van der Waals surface area contributed by atoms with E-state index in [-0.39, 0.29) is 0 Å². The van der Waals surface area contributed by atoms with E-state index in [2.05, 4.69) is 4.98 Å². The second-order valence-corrected chi connectivity index (χ2v) is 4.57. The Bertz CT molecular complexity index is 752. The van der Waals surface area contributed by atoms with E-state index >= 15 is 0 Å². The van der Waals surface area contributed by atoms with Crippen molar-refractivity contribution in [2.75, 3.05) is 7.11 Å². The van der Waals surface area contributed by atoms with Crippen LogP contribution in [0.3, 0.4) is 0 Å². The second kappa shape index (κ2) is 5.85. The Labute approximate surface area is 122 Å². The highest BCUT2D eigenvalue weighted by atomic mass is 16.5. The average Bonchev–Trinajstić information content (AvgIpc) is 2.91. The van der Waals surface area contributed by atoms with Gasteiger partial charge in [0.1, 0.15) is 6.61 Å². The van der Waals surface area contributed by atoms with Gasteiger partial charge in [0, 0.05) is 12.7 Å². The summed E-state index contributed by atoms with van der Waals surface area (Å²) in [5.74, 6) is 2.22. The molecule has 5 heteroatoms. The third kappa shape index (κ3) is 2.55. The lowest BCUT2D eigenvalue weighted by atomic mass is 10.3. The number of benzene rings is 1. The number of hydrogen-bond donors (Lipinski definition) is 1. The number of methoxy groups -OCH3 is 1. The molecular weight excluding hydrogens is 266 g/mol. The predicted octanol–water partition coefficient (Wildman–Crippen LogP) is 2.38. The third-order valence-electron chi connectivity index (χ3n) is 3.32. The van der Waals surface area contributed by atoms with Gasteiger partial charge >= 0.3 is 0 Å². The highest BCUT2D eigenvalue weighted by Crippen LogP contribution is 2.26. The molecule has 0 saturated heterocycles. The molecule has 0 aliphatic heterocycles. The lowest BCUT2D eigenvalue weighted by molar-refractivity contribution is 0.276. The SMILES string of the molecule is COc1ccccc1OCc1nc(CN)c2ccccn12. The van der Waals surface area contributed by atoms with Gasteiger partial charge in [0.25, 0.3) is 0 Å². The zero-order chi connectivity index (χ0) is 14.7. The normalized spacial score (nSPS) is 10.8. The molecule has 0 amide bonds. The molecule has 2 N–H and O–H groups in total. The van der Waals surface area contributed by atoms with Gasteiger partial charge in [-0.25, -0.2) is 4.98 Å². The number of ether oxygens (including phenoxy) is 2. The fraction of sp³-hybridized carbons (Fsp3) is 0.188. The first-order chi connectivity index (χ1) is 10.3. The van der Waals surface area contributed by atoms with Crippen LogP contribution in [-0.4, -0.2) is 16.5 Å². The van der Waals surface area contributed by atoms with Gasteiger partial charge in [-0.05, 0) is 24.3 Å². The van der Waals surface area contributed by atoms with Crippen molar-refractivity contribution in [1.82, 2.24) is 9.38 Å². The fourth-order valence-corrected chi connectivity index (χ4v) is 2.30. The van der Waals surface area contributed by atoms with Gasteiger partial charge in [-0.3, -0.25) is 0 Å². The average molecular weight is 283 g/mol. The summed E-state index contributed by atoms with van der Waals surface area (Å²) in [6.07, 6.45) is 1.96. The van der Waals surface area contributed by atoms with E-state index in [4.69, 9.17) is 15.2 Å². The molecule has 3 aromatic rings. The maximum atomic E-state index is 5.83. The van der Waals surface area contributed by atoms with Crippen molar-refractivity contribution in [2.24, 2.45) is 5.73 Å². The quantitative estimate of drug-likeness (QED) is 0.781. The Morgan fingerprint density at radius 3 is 2.62 bits per heavy atom. The lowest BCUT2D eigenvalue weighted by Crippen LogP contribution is -2.02. The van der Waals surface area contributed by atoms with Crippen molar-refractivity contribution in [1.29, 1.82) is 0 Å². The van der Waals surface area contributed by atoms with Crippen molar-refractivity contribution >= 4 is 5.52 Å². The number of para-hydroxylation sites is 2. The minimum atomic E-state index is 0.353. The van der Waals surface area contributed by atoms with Crippen LogP contribution in [0.5, 0.6) is 11.5 Å². The molecule has 0 aliphatic rings. The van der Waals surface area contributed by atoms with E-state index in [1.165, 1.54) is 0 Å². The van der Waals surface area contributed by atoms with Gasteiger partial charge in [0.05, 0.1) is 18.3 Å². The summed E-state index contributed by atoms with van der Waals surface area (Å²) in [6.45, 7) is 0.758. The lowest BCUT2D eigenvalue weighted by Gasteiger charge is -2.09. The number of rotatable bonds is 5. The zero-order valence-corrected chi connectivity index (χ0v) is 11.8. The Morgan fingerprint density at radius 1 is 1.10 bits per heavy atom. The Hall–Kier alpha value is -2.53. The molecule has 0 spiro atoms. The number of fused-ring (bicyclic) bond motifs is 1. The number of imidazole rings is 1. The molecule has 2 aromatic heterocycles. The van der Waals surface area contributed by atoms with Crippen LogP contribution in [-0.2, 0) is 13.2 Å². The van der Waals surface area contributed by atoms with Crippen LogP contribution in [0.2, 0.25) is 0 Å². The van der Waals surface area contributed by atoms with E-state index in [9.17, 15) is 0 Å². The van der Waals surface area contributed by atoms with E-state index in [0.717, 1.165) is 17.0 Å². The highest BCUT2D eigenvalue weighted by molar-refractivity contribution is 5.53. The Morgan fingerprint density at radius 2 is 1.86 bits per heavy atom. The number of pyridine rings is 1. The molecule has 0 aliphatic carbocycles. The van der Waals surface area contributed by atoms with Crippen LogP contribution in [0, 0.1) is 0 Å². The fourth-order valence-electron chi connectivity index (χ4n) is 2.30. The second-order valence-electron chi connectivity index (χ2n) is 4.57. The summed E-state index contributed by atoms with van der Waals surface area (Å²) in [4.78, 5) is 4.55. The molecule has 5 nitrogen and oxygen atoms in total. The summed E-state index contributed by atoms with van der Waals surface area (Å²) < 4.78 is 13.1. The number of nitrogens with zero attached hydrogens (tertiary/aromatic N) is 2. The summed E-state index contributed by atoms with van der Waals surface area (Å²) in [5.41, 5.74) is 7.63. The number of hydrogen-bond acceptors (Lipinski definition) is 4.